The quantitative estimate of drug-likeness (QED) is 0.342. The van der Waals surface area contributed by atoms with Gasteiger partial charge in [-0.15, -0.1) is 0 Å². The van der Waals surface area contributed by atoms with Crippen molar-refractivity contribution in [1.82, 2.24) is 0 Å². The summed E-state index contributed by atoms with van der Waals surface area (Å²) in [7, 11) is 1.80. The largest absolute Gasteiger partial charge is 0.381 e. The molecular weight excluding hydrogens is 476 g/mol. The van der Waals surface area contributed by atoms with Crippen LogP contribution in [0.25, 0.3) is 0 Å². The van der Waals surface area contributed by atoms with Crippen LogP contribution in [-0.4, -0.2) is 56.1 Å². The van der Waals surface area contributed by atoms with Gasteiger partial charge in [0.15, 0.2) is 0 Å². The van der Waals surface area contributed by atoms with Crippen molar-refractivity contribution < 1.29 is 23.7 Å². The average Bonchev–Trinajstić information content (AvgIpc) is 3.40. The lowest BCUT2D eigenvalue weighted by atomic mass is 9.53. The van der Waals surface area contributed by atoms with Crippen LogP contribution in [0.1, 0.15) is 91.4 Å². The summed E-state index contributed by atoms with van der Waals surface area (Å²) in [5.74, 6) is 5.29. The van der Waals surface area contributed by atoms with Crippen LogP contribution in [0.3, 0.4) is 0 Å². The minimum atomic E-state index is 0.0515. The fraction of sp³-hybridized carbons (Fsp3) is 0.909. The van der Waals surface area contributed by atoms with Crippen LogP contribution in [0.5, 0.6) is 0 Å². The monoisotopic (exact) mass is 528 g/mol. The van der Waals surface area contributed by atoms with Gasteiger partial charge >= 0.3 is 0 Å². The molecule has 7 aliphatic rings. The Labute approximate surface area is 230 Å². The highest BCUT2D eigenvalue weighted by molar-refractivity contribution is 5.79. The Kier molecular flexibility index (Phi) is 8.12. The molecule has 7 rings (SSSR count). The van der Waals surface area contributed by atoms with Crippen molar-refractivity contribution in [2.75, 3.05) is 13.7 Å². The fourth-order valence-corrected chi connectivity index (χ4v) is 9.60. The number of hydrogen-bond acceptors (Lipinski definition) is 5. The fourth-order valence-electron chi connectivity index (χ4n) is 9.60. The molecule has 4 aliphatic carbocycles. The normalized spacial score (nSPS) is 50.2. The third-order valence-electron chi connectivity index (χ3n) is 12.0. The van der Waals surface area contributed by atoms with E-state index >= 15 is 0 Å². The number of methoxy groups -OCH3 is 1. The Balaban J connectivity index is 1.08. The van der Waals surface area contributed by atoms with Crippen LogP contribution in [0, 0.1) is 47.3 Å². The topological polar surface area (TPSA) is 54.0 Å². The van der Waals surface area contributed by atoms with Crippen LogP contribution in [-0.2, 0) is 23.7 Å². The molecule has 0 aromatic rings. The van der Waals surface area contributed by atoms with Gasteiger partial charge < -0.3 is 18.9 Å². The predicted molar refractivity (Wildman–Crippen MR) is 148 cm³/mol. The van der Waals surface area contributed by atoms with Gasteiger partial charge in [-0.1, -0.05) is 27.4 Å². The van der Waals surface area contributed by atoms with Crippen LogP contribution in [0.15, 0.2) is 12.2 Å². The minimum Gasteiger partial charge on any atom is -0.381 e. The Morgan fingerprint density at radius 1 is 0.895 bits per heavy atom. The third-order valence-corrected chi connectivity index (χ3v) is 12.0. The Hall–Kier alpha value is -0.750. The van der Waals surface area contributed by atoms with Gasteiger partial charge in [0.25, 0.3) is 0 Å². The standard InChI is InChI=1S/C33H52O5/c1-18-10-24(36-17-18)7-6-22-11-20(3)26-16-29-28(13-22)33-30(38-32(26)29)9-8-25(37-33)14-23(34)15-27-21(4)19(2)12-31(27)35-5/h19-22,24-33H,1,6-17H2,2-5H3/t19?,20-,21-,22?,24?,25?,26?,27?,28?,29?,30?,31+,32+,33?/m1/s1. The zero-order valence-corrected chi connectivity index (χ0v) is 24.3. The molecular formula is C33H52O5. The summed E-state index contributed by atoms with van der Waals surface area (Å²) >= 11 is 0. The number of ether oxygens (including phenoxy) is 4. The summed E-state index contributed by atoms with van der Waals surface area (Å²) in [6.07, 6.45) is 13.1. The van der Waals surface area contributed by atoms with E-state index in [1.807, 2.05) is 0 Å². The van der Waals surface area contributed by atoms with E-state index in [1.165, 1.54) is 31.3 Å². The van der Waals surface area contributed by atoms with E-state index in [1.54, 1.807) is 7.11 Å². The summed E-state index contributed by atoms with van der Waals surface area (Å²) < 4.78 is 25.4. The Morgan fingerprint density at radius 2 is 1.71 bits per heavy atom. The molecule has 3 saturated heterocycles. The van der Waals surface area contributed by atoms with Crippen molar-refractivity contribution in [3.05, 3.63) is 12.2 Å². The molecule has 3 heterocycles. The lowest BCUT2D eigenvalue weighted by Crippen LogP contribution is -2.64. The molecule has 0 aromatic carbocycles. The smallest absolute Gasteiger partial charge is 0.135 e. The molecule has 38 heavy (non-hydrogen) atoms. The number of hydrogen-bond donors (Lipinski definition) is 0. The summed E-state index contributed by atoms with van der Waals surface area (Å²) in [6, 6.07) is 0. The van der Waals surface area contributed by atoms with Crippen molar-refractivity contribution in [2.45, 2.75) is 128 Å². The SMILES string of the molecule is C=C1COC(CCC2CC3C4OC(CC(=O)CC5[C@H](C)C(C)C[C@@H]5OC)CCC4O[C@@H]4C3CC4[C@H](C)C2)C1. The first-order valence-corrected chi connectivity index (χ1v) is 15.9. The predicted octanol–water partition coefficient (Wildman–Crippen LogP) is 6.38. The number of fused-ring (bicyclic) bond motifs is 4. The molecule has 4 saturated carbocycles. The van der Waals surface area contributed by atoms with Crippen molar-refractivity contribution in [3.8, 4) is 0 Å². The maximum absolute atomic E-state index is 13.3. The lowest BCUT2D eigenvalue weighted by molar-refractivity contribution is -0.286. The van der Waals surface area contributed by atoms with Crippen LogP contribution in [0.4, 0.5) is 0 Å². The summed E-state index contributed by atoms with van der Waals surface area (Å²) in [5.41, 5.74) is 1.25. The second-order valence-corrected chi connectivity index (χ2v) is 14.4. The van der Waals surface area contributed by atoms with Crippen molar-refractivity contribution in [3.63, 3.8) is 0 Å². The zero-order chi connectivity index (χ0) is 26.6. The number of Topliss-reactive ketones (excluding diaryl/α,β-unsaturated/α-hetero) is 1. The van der Waals surface area contributed by atoms with E-state index in [0.717, 1.165) is 56.5 Å². The van der Waals surface area contributed by atoms with E-state index in [4.69, 9.17) is 18.9 Å². The van der Waals surface area contributed by atoms with E-state index in [-0.39, 0.29) is 24.4 Å². The molecule has 5 heteroatoms. The molecule has 0 spiro atoms. The maximum Gasteiger partial charge on any atom is 0.135 e. The second kappa shape index (κ2) is 11.3. The van der Waals surface area contributed by atoms with Crippen molar-refractivity contribution >= 4 is 5.78 Å². The van der Waals surface area contributed by atoms with Gasteiger partial charge in [-0.2, -0.15) is 0 Å². The summed E-state index contributed by atoms with van der Waals surface area (Å²) in [4.78, 5) is 13.3. The first-order valence-electron chi connectivity index (χ1n) is 15.9. The maximum atomic E-state index is 13.3. The van der Waals surface area contributed by atoms with Gasteiger partial charge in [0, 0.05) is 20.0 Å². The molecule has 0 amide bonds. The Morgan fingerprint density at radius 3 is 2.47 bits per heavy atom. The lowest BCUT2D eigenvalue weighted by Gasteiger charge is -2.61. The van der Waals surface area contributed by atoms with Gasteiger partial charge in [-0.05, 0) is 111 Å². The van der Waals surface area contributed by atoms with Crippen LogP contribution in [0.2, 0.25) is 0 Å². The van der Waals surface area contributed by atoms with Crippen LogP contribution >= 0.6 is 0 Å². The molecule has 0 aromatic heterocycles. The highest BCUT2D eigenvalue weighted by atomic mass is 16.6. The van der Waals surface area contributed by atoms with E-state index in [9.17, 15) is 4.79 Å². The molecule has 0 radical (unpaired) electrons. The van der Waals surface area contributed by atoms with E-state index in [0.29, 0.717) is 60.4 Å². The first-order chi connectivity index (χ1) is 18.3. The third kappa shape index (κ3) is 5.31. The van der Waals surface area contributed by atoms with E-state index < -0.39 is 0 Å². The summed E-state index contributed by atoms with van der Waals surface area (Å²) in [6.45, 7) is 11.9. The summed E-state index contributed by atoms with van der Waals surface area (Å²) in [5, 5.41) is 0. The van der Waals surface area contributed by atoms with Gasteiger partial charge in [-0.3, -0.25) is 4.79 Å². The van der Waals surface area contributed by atoms with Gasteiger partial charge in [0.1, 0.15) is 5.78 Å². The van der Waals surface area contributed by atoms with Gasteiger partial charge in [0.2, 0.25) is 0 Å². The van der Waals surface area contributed by atoms with Crippen molar-refractivity contribution in [1.29, 1.82) is 0 Å². The molecule has 3 aliphatic heterocycles. The highest BCUT2D eigenvalue weighted by Crippen LogP contribution is 2.57. The minimum absolute atomic E-state index is 0.0515. The molecule has 14 atom stereocenters. The van der Waals surface area contributed by atoms with E-state index in [2.05, 4.69) is 27.4 Å². The number of carbonyl (C=O) groups is 1. The Bertz CT molecular complexity index is 871. The van der Waals surface area contributed by atoms with Crippen LogP contribution < -0.4 is 0 Å². The second-order valence-electron chi connectivity index (χ2n) is 14.4. The number of rotatable bonds is 8. The zero-order valence-electron chi connectivity index (χ0n) is 24.3. The molecule has 5 nitrogen and oxygen atoms in total. The number of ketones is 1. The molecule has 10 unspecified atom stereocenters. The molecule has 214 valence electrons. The average molecular weight is 529 g/mol. The van der Waals surface area contributed by atoms with Gasteiger partial charge in [-0.25, -0.2) is 0 Å². The first kappa shape index (κ1) is 27.4. The molecule has 0 N–H and O–H groups in total. The number of carbonyl (C=O) groups excluding carboxylic acids is 1. The molecule has 4 bridgehead atoms. The van der Waals surface area contributed by atoms with Gasteiger partial charge in [0.05, 0.1) is 43.2 Å². The highest BCUT2D eigenvalue weighted by Gasteiger charge is 2.58. The van der Waals surface area contributed by atoms with Crippen molar-refractivity contribution in [2.24, 2.45) is 47.3 Å². The molecule has 7 fully saturated rings.